The number of nitrogens with zero attached hydrogens (tertiary/aromatic N) is 3. The van der Waals surface area contributed by atoms with Gasteiger partial charge in [0.05, 0.1) is 5.56 Å². The molecule has 1 aliphatic rings. The number of halogens is 1. The number of nitrogens with one attached hydrogen (secondary N) is 2. The van der Waals surface area contributed by atoms with E-state index in [1.165, 1.54) is 12.1 Å². The highest BCUT2D eigenvalue weighted by molar-refractivity contribution is 5.97. The number of hydrogen-bond donors (Lipinski definition) is 3. The SMILES string of the molecule is CC1CCN(c2cccc(C(=O)NC(Cc3ccc(-c4noc(-c5ccc(NC(=O)OC(C)(C)C)cc5)n4)c(F)c3)C(=O)O)c2)CC1. The topological polar surface area (TPSA) is 147 Å². The number of anilines is 2. The van der Waals surface area contributed by atoms with Crippen LogP contribution in [-0.2, 0) is 16.0 Å². The first kappa shape index (κ1) is 33.1. The molecule has 0 radical (unpaired) electrons. The van der Waals surface area contributed by atoms with Crippen LogP contribution in [0.2, 0.25) is 0 Å². The van der Waals surface area contributed by atoms with Crippen LogP contribution in [0.15, 0.2) is 71.3 Å². The molecule has 1 saturated heterocycles. The van der Waals surface area contributed by atoms with E-state index in [2.05, 4.69) is 32.6 Å². The molecule has 4 aromatic rings. The minimum atomic E-state index is -1.28. The Balaban J connectivity index is 1.22. The van der Waals surface area contributed by atoms with Gasteiger partial charge in [0.2, 0.25) is 5.82 Å². The molecule has 0 aliphatic carbocycles. The lowest BCUT2D eigenvalue weighted by atomic mass is 9.98. The van der Waals surface area contributed by atoms with Gasteiger partial charge >= 0.3 is 12.1 Å². The highest BCUT2D eigenvalue weighted by Gasteiger charge is 2.24. The van der Waals surface area contributed by atoms with Gasteiger partial charge in [-0.2, -0.15) is 4.98 Å². The van der Waals surface area contributed by atoms with Crippen LogP contribution in [0.3, 0.4) is 0 Å². The van der Waals surface area contributed by atoms with Crippen molar-refractivity contribution in [3.63, 3.8) is 0 Å². The van der Waals surface area contributed by atoms with Crippen LogP contribution in [0.25, 0.3) is 22.8 Å². The summed E-state index contributed by atoms with van der Waals surface area (Å²) in [6, 6.07) is 16.7. The summed E-state index contributed by atoms with van der Waals surface area (Å²) in [6.45, 7) is 9.33. The van der Waals surface area contributed by atoms with Crippen LogP contribution in [-0.4, -0.2) is 57.9 Å². The van der Waals surface area contributed by atoms with Crippen molar-refractivity contribution in [3.05, 3.63) is 83.7 Å². The number of piperidine rings is 1. The molecule has 2 heterocycles. The van der Waals surface area contributed by atoms with Gasteiger partial charge in [-0.1, -0.05) is 24.2 Å². The van der Waals surface area contributed by atoms with E-state index in [1.807, 2.05) is 6.07 Å². The summed E-state index contributed by atoms with van der Waals surface area (Å²) < 4.78 is 25.8. The third-order valence-corrected chi connectivity index (χ3v) is 7.78. The average Bonchev–Trinajstić information content (AvgIpc) is 3.50. The molecule has 1 fully saturated rings. The molecule has 1 unspecified atom stereocenters. The van der Waals surface area contributed by atoms with Crippen LogP contribution in [0.1, 0.15) is 56.5 Å². The quantitative estimate of drug-likeness (QED) is 0.185. The summed E-state index contributed by atoms with van der Waals surface area (Å²) in [5.74, 6) is -1.62. The number of benzene rings is 3. The van der Waals surface area contributed by atoms with E-state index in [0.717, 1.165) is 31.6 Å². The molecule has 246 valence electrons. The first-order valence-electron chi connectivity index (χ1n) is 15.5. The molecule has 2 amide bonds. The minimum absolute atomic E-state index is 0.00568. The van der Waals surface area contributed by atoms with Gasteiger partial charge in [0.25, 0.3) is 11.8 Å². The van der Waals surface area contributed by atoms with Crippen LogP contribution >= 0.6 is 0 Å². The third-order valence-electron chi connectivity index (χ3n) is 7.78. The predicted molar refractivity (Wildman–Crippen MR) is 175 cm³/mol. The Bertz CT molecular complexity index is 1740. The summed E-state index contributed by atoms with van der Waals surface area (Å²) in [6.07, 6.45) is 1.42. The van der Waals surface area contributed by atoms with Gasteiger partial charge in [0.15, 0.2) is 0 Å². The largest absolute Gasteiger partial charge is 0.480 e. The van der Waals surface area contributed by atoms with Crippen LogP contribution < -0.4 is 15.5 Å². The number of aromatic nitrogens is 2. The van der Waals surface area contributed by atoms with E-state index in [-0.39, 0.29) is 23.7 Å². The molecule has 3 aromatic carbocycles. The van der Waals surface area contributed by atoms with Crippen molar-refractivity contribution >= 4 is 29.3 Å². The maximum atomic E-state index is 15.3. The van der Waals surface area contributed by atoms with Gasteiger partial charge in [0.1, 0.15) is 17.5 Å². The van der Waals surface area contributed by atoms with Crippen molar-refractivity contribution in [3.8, 4) is 22.8 Å². The fourth-order valence-electron chi connectivity index (χ4n) is 5.22. The zero-order valence-electron chi connectivity index (χ0n) is 26.7. The molecule has 0 bridgehead atoms. The first-order valence-corrected chi connectivity index (χ1v) is 15.5. The van der Waals surface area contributed by atoms with Crippen LogP contribution in [0.4, 0.5) is 20.6 Å². The van der Waals surface area contributed by atoms with E-state index in [0.29, 0.717) is 28.3 Å². The van der Waals surface area contributed by atoms with E-state index >= 15 is 4.39 Å². The number of hydrogen-bond acceptors (Lipinski definition) is 8. The van der Waals surface area contributed by atoms with Crippen LogP contribution in [0.5, 0.6) is 0 Å². The molecule has 0 saturated carbocycles. The number of rotatable bonds is 9. The molecule has 1 aromatic heterocycles. The minimum Gasteiger partial charge on any atom is -0.480 e. The lowest BCUT2D eigenvalue weighted by molar-refractivity contribution is -0.139. The van der Waals surface area contributed by atoms with Crippen molar-refractivity contribution in [1.29, 1.82) is 0 Å². The van der Waals surface area contributed by atoms with E-state index < -0.39 is 35.4 Å². The number of aliphatic carboxylic acids is 1. The van der Waals surface area contributed by atoms with Crippen molar-refractivity contribution in [2.45, 2.75) is 58.6 Å². The van der Waals surface area contributed by atoms with E-state index in [4.69, 9.17) is 9.26 Å². The first-order chi connectivity index (χ1) is 22.3. The highest BCUT2D eigenvalue weighted by atomic mass is 19.1. The van der Waals surface area contributed by atoms with Gasteiger partial charge in [-0.05, 0) is 99.7 Å². The number of ether oxygens (including phenoxy) is 1. The maximum Gasteiger partial charge on any atom is 0.412 e. The zero-order valence-corrected chi connectivity index (χ0v) is 26.7. The number of carbonyl (C=O) groups excluding carboxylic acids is 2. The Hall–Kier alpha value is -5.26. The van der Waals surface area contributed by atoms with Gasteiger partial charge in [-0.25, -0.2) is 14.0 Å². The summed E-state index contributed by atoms with van der Waals surface area (Å²) >= 11 is 0. The molecule has 47 heavy (non-hydrogen) atoms. The lowest BCUT2D eigenvalue weighted by Gasteiger charge is -2.32. The Morgan fingerprint density at radius 1 is 1.06 bits per heavy atom. The maximum absolute atomic E-state index is 15.3. The van der Waals surface area contributed by atoms with Crippen LogP contribution in [0, 0.1) is 11.7 Å². The average molecular weight is 644 g/mol. The fourth-order valence-corrected chi connectivity index (χ4v) is 5.22. The van der Waals surface area contributed by atoms with Gasteiger partial charge in [0, 0.05) is 42.0 Å². The Labute approximate surface area is 272 Å². The molecule has 5 rings (SSSR count). The Morgan fingerprint density at radius 3 is 2.45 bits per heavy atom. The summed E-state index contributed by atoms with van der Waals surface area (Å²) in [7, 11) is 0. The zero-order chi connectivity index (χ0) is 33.7. The molecule has 1 atom stereocenters. The number of carboxylic acid groups (broad SMARTS) is 1. The molecular formula is C35H38FN5O6. The monoisotopic (exact) mass is 643 g/mol. The molecule has 11 nitrogen and oxygen atoms in total. The van der Waals surface area contributed by atoms with Crippen molar-refractivity contribution in [1.82, 2.24) is 15.5 Å². The Morgan fingerprint density at radius 2 is 1.79 bits per heavy atom. The summed E-state index contributed by atoms with van der Waals surface area (Å²) in [5.41, 5.74) is 2.12. The number of amides is 2. The molecule has 0 spiro atoms. The van der Waals surface area contributed by atoms with E-state index in [1.54, 1.807) is 69.3 Å². The van der Waals surface area contributed by atoms with Gasteiger partial charge in [-0.3, -0.25) is 10.1 Å². The molecular weight excluding hydrogens is 605 g/mol. The van der Waals surface area contributed by atoms with Crippen molar-refractivity contribution in [2.75, 3.05) is 23.3 Å². The third kappa shape index (κ3) is 8.72. The summed E-state index contributed by atoms with van der Waals surface area (Å²) in [5, 5.41) is 19.0. The van der Waals surface area contributed by atoms with Gasteiger partial charge in [-0.15, -0.1) is 0 Å². The molecule has 1 aliphatic heterocycles. The number of carbonyl (C=O) groups is 3. The predicted octanol–water partition coefficient (Wildman–Crippen LogP) is 6.55. The standard InChI is InChI=1S/C35H38FN5O6/c1-21-14-16-41(17-15-21)26-7-5-6-24(20-26)31(42)38-29(33(43)44)19-22-8-13-27(28(36)18-22)30-39-32(47-40-30)23-9-11-25(12-10-23)37-34(45)46-35(2,3)4/h5-13,18,20-21,29H,14-17,19H2,1-4H3,(H,37,45)(H,38,42)(H,43,44). The van der Waals surface area contributed by atoms with Crippen molar-refractivity contribution < 1.29 is 33.1 Å². The molecule has 12 heteroatoms. The fraction of sp³-hybridized carbons (Fsp3) is 0.343. The second kappa shape index (κ2) is 14.0. The van der Waals surface area contributed by atoms with Gasteiger partial charge < -0.3 is 24.6 Å². The molecule has 3 N–H and O–H groups in total. The van der Waals surface area contributed by atoms with E-state index in [9.17, 15) is 19.5 Å². The smallest absolute Gasteiger partial charge is 0.412 e. The lowest BCUT2D eigenvalue weighted by Crippen LogP contribution is -2.42. The number of carboxylic acids is 1. The Kier molecular flexibility index (Phi) is 9.88. The highest BCUT2D eigenvalue weighted by Crippen LogP contribution is 2.27. The second-order valence-corrected chi connectivity index (χ2v) is 12.7. The van der Waals surface area contributed by atoms with Crippen molar-refractivity contribution in [2.24, 2.45) is 5.92 Å². The summed E-state index contributed by atoms with van der Waals surface area (Å²) in [4.78, 5) is 43.7. The normalized spacial score (nSPS) is 14.4. The second-order valence-electron chi connectivity index (χ2n) is 12.7.